The highest BCUT2D eigenvalue weighted by Gasteiger charge is 2.65. The predicted molar refractivity (Wildman–Crippen MR) is 99.2 cm³/mol. The summed E-state index contributed by atoms with van der Waals surface area (Å²) in [7, 11) is 0. The normalized spacial score (nSPS) is 44.0. The zero-order valence-corrected chi connectivity index (χ0v) is 16.7. The first-order valence-electron chi connectivity index (χ1n) is 10.1. The third kappa shape index (κ3) is 2.37. The smallest absolute Gasteiger partial charge is 0.302 e. The maximum absolute atomic E-state index is 11.5. The van der Waals surface area contributed by atoms with Crippen LogP contribution in [0.25, 0.3) is 0 Å². The van der Waals surface area contributed by atoms with Crippen molar-refractivity contribution in [3.05, 3.63) is 22.8 Å². The standard InChI is InChI=1S/C22H32O4/c1-13(2)16-6-7-20(4)8-9-21(5)17(19(16)20)10-18-15(12-25-14(3)23)11-22(21,24)26-18/h11,13,17-18,24H,6-10,12H2,1-5H3/t17-,18-,20-,21-,22?/m1/s1. The summed E-state index contributed by atoms with van der Waals surface area (Å²) in [4.78, 5) is 11.2. The first kappa shape index (κ1) is 18.2. The van der Waals surface area contributed by atoms with E-state index in [-0.39, 0.29) is 29.5 Å². The summed E-state index contributed by atoms with van der Waals surface area (Å²) in [6.07, 6.45) is 7.08. The van der Waals surface area contributed by atoms with E-state index in [1.165, 1.54) is 19.8 Å². The molecular formula is C22H32O4. The minimum atomic E-state index is -1.25. The molecule has 0 spiro atoms. The summed E-state index contributed by atoms with van der Waals surface area (Å²) in [5.74, 6) is -0.667. The molecule has 0 aromatic heterocycles. The summed E-state index contributed by atoms with van der Waals surface area (Å²) in [6.45, 7) is 10.9. The third-order valence-corrected chi connectivity index (χ3v) is 7.78. The zero-order chi connectivity index (χ0) is 18.9. The molecule has 2 aliphatic carbocycles. The largest absolute Gasteiger partial charge is 0.461 e. The second-order valence-corrected chi connectivity index (χ2v) is 9.66. The van der Waals surface area contributed by atoms with Gasteiger partial charge in [-0.1, -0.05) is 38.8 Å². The highest BCUT2D eigenvalue weighted by Crippen LogP contribution is 2.67. The van der Waals surface area contributed by atoms with E-state index in [0.717, 1.165) is 24.8 Å². The highest BCUT2D eigenvalue weighted by molar-refractivity contribution is 5.66. The highest BCUT2D eigenvalue weighted by atomic mass is 16.6. The Balaban J connectivity index is 1.74. The Morgan fingerprint density at radius 2 is 2.08 bits per heavy atom. The van der Waals surface area contributed by atoms with Crippen molar-refractivity contribution in [2.75, 3.05) is 6.61 Å². The van der Waals surface area contributed by atoms with Crippen molar-refractivity contribution in [3.63, 3.8) is 0 Å². The molecule has 1 saturated heterocycles. The number of allylic oxidation sites excluding steroid dienone is 2. The van der Waals surface area contributed by atoms with E-state index >= 15 is 0 Å². The SMILES string of the molecule is CC(=O)OCC1=CC2(O)O[C@@H]1C[C@@H]1C3=C(C(C)C)CC[C@]3(C)CC[C@]12C. The number of carbonyl (C=O) groups excluding carboxylic acids is 1. The molecule has 0 amide bonds. The van der Waals surface area contributed by atoms with E-state index in [4.69, 9.17) is 9.47 Å². The van der Waals surface area contributed by atoms with Gasteiger partial charge < -0.3 is 14.6 Å². The molecule has 4 rings (SSSR count). The van der Waals surface area contributed by atoms with Crippen LogP contribution in [-0.2, 0) is 14.3 Å². The minimum Gasteiger partial charge on any atom is -0.461 e. The molecule has 144 valence electrons. The number of carbonyl (C=O) groups is 1. The Bertz CT molecular complexity index is 705. The average molecular weight is 360 g/mol. The topological polar surface area (TPSA) is 55.8 Å². The van der Waals surface area contributed by atoms with Gasteiger partial charge in [0.15, 0.2) is 5.79 Å². The van der Waals surface area contributed by atoms with E-state index in [1.807, 2.05) is 6.08 Å². The second-order valence-electron chi connectivity index (χ2n) is 9.66. The lowest BCUT2D eigenvalue weighted by atomic mass is 9.52. The van der Waals surface area contributed by atoms with Crippen LogP contribution in [0.2, 0.25) is 0 Å². The van der Waals surface area contributed by atoms with Crippen LogP contribution >= 0.6 is 0 Å². The molecule has 2 heterocycles. The number of esters is 1. The van der Waals surface area contributed by atoms with Crippen LogP contribution in [0.4, 0.5) is 0 Å². The molecule has 26 heavy (non-hydrogen) atoms. The van der Waals surface area contributed by atoms with Crippen molar-refractivity contribution in [3.8, 4) is 0 Å². The molecule has 0 radical (unpaired) electrons. The molecule has 4 aliphatic rings. The van der Waals surface area contributed by atoms with Gasteiger partial charge in [-0.15, -0.1) is 0 Å². The van der Waals surface area contributed by atoms with Gasteiger partial charge in [-0.05, 0) is 61.0 Å². The van der Waals surface area contributed by atoms with Crippen LogP contribution in [0.5, 0.6) is 0 Å². The fourth-order valence-electron chi connectivity index (χ4n) is 6.11. The zero-order valence-electron chi connectivity index (χ0n) is 16.7. The summed E-state index contributed by atoms with van der Waals surface area (Å²) < 4.78 is 11.3. The van der Waals surface area contributed by atoms with E-state index in [1.54, 1.807) is 11.1 Å². The Morgan fingerprint density at radius 3 is 2.73 bits per heavy atom. The third-order valence-electron chi connectivity index (χ3n) is 7.78. The number of aliphatic hydroxyl groups is 1. The summed E-state index contributed by atoms with van der Waals surface area (Å²) in [6, 6.07) is 0. The lowest BCUT2D eigenvalue weighted by Crippen LogP contribution is -2.58. The fraction of sp³-hybridized carbons (Fsp3) is 0.773. The van der Waals surface area contributed by atoms with Crippen molar-refractivity contribution >= 4 is 5.97 Å². The monoisotopic (exact) mass is 360 g/mol. The van der Waals surface area contributed by atoms with Crippen LogP contribution in [-0.4, -0.2) is 29.6 Å². The second kappa shape index (κ2) is 5.68. The van der Waals surface area contributed by atoms with E-state index in [2.05, 4.69) is 27.7 Å². The minimum absolute atomic E-state index is 0.152. The Hall–Kier alpha value is -1.13. The lowest BCUT2D eigenvalue weighted by Gasteiger charge is -2.57. The maximum atomic E-state index is 11.5. The summed E-state index contributed by atoms with van der Waals surface area (Å²) >= 11 is 0. The van der Waals surface area contributed by atoms with Gasteiger partial charge in [0.1, 0.15) is 6.61 Å². The van der Waals surface area contributed by atoms with Gasteiger partial charge >= 0.3 is 5.97 Å². The Labute approximate surface area is 156 Å². The van der Waals surface area contributed by atoms with Gasteiger partial charge in [0, 0.05) is 12.3 Å². The van der Waals surface area contributed by atoms with Gasteiger partial charge in [-0.2, -0.15) is 0 Å². The summed E-state index contributed by atoms with van der Waals surface area (Å²) in [5, 5.41) is 11.5. The lowest BCUT2D eigenvalue weighted by molar-refractivity contribution is -0.288. The quantitative estimate of drug-likeness (QED) is 0.607. The Kier molecular flexibility index (Phi) is 3.99. The molecular weight excluding hydrogens is 328 g/mol. The van der Waals surface area contributed by atoms with Crippen LogP contribution in [0.15, 0.2) is 22.8 Å². The van der Waals surface area contributed by atoms with Gasteiger partial charge in [0.2, 0.25) is 0 Å². The van der Waals surface area contributed by atoms with Gasteiger partial charge in [0.05, 0.1) is 6.10 Å². The van der Waals surface area contributed by atoms with Crippen LogP contribution in [0, 0.1) is 22.7 Å². The fourth-order valence-corrected chi connectivity index (χ4v) is 6.11. The summed E-state index contributed by atoms with van der Waals surface area (Å²) in [5.41, 5.74) is 4.09. The van der Waals surface area contributed by atoms with Gasteiger partial charge in [-0.25, -0.2) is 0 Å². The number of ether oxygens (including phenoxy) is 2. The molecule has 1 unspecified atom stereocenters. The molecule has 1 saturated carbocycles. The van der Waals surface area contributed by atoms with Crippen molar-refractivity contribution in [1.29, 1.82) is 0 Å². The van der Waals surface area contributed by atoms with Crippen molar-refractivity contribution < 1.29 is 19.4 Å². The van der Waals surface area contributed by atoms with Gasteiger partial charge in [0.25, 0.3) is 0 Å². The van der Waals surface area contributed by atoms with E-state index < -0.39 is 5.79 Å². The van der Waals surface area contributed by atoms with Crippen molar-refractivity contribution in [2.24, 2.45) is 22.7 Å². The molecule has 2 fully saturated rings. The van der Waals surface area contributed by atoms with Gasteiger partial charge in [-0.3, -0.25) is 4.79 Å². The molecule has 0 aromatic carbocycles. The number of rotatable bonds is 3. The molecule has 0 aromatic rings. The van der Waals surface area contributed by atoms with E-state index in [0.29, 0.717) is 11.8 Å². The van der Waals surface area contributed by atoms with Crippen LogP contribution < -0.4 is 0 Å². The van der Waals surface area contributed by atoms with E-state index in [9.17, 15) is 9.90 Å². The molecule has 2 aliphatic heterocycles. The first-order valence-corrected chi connectivity index (χ1v) is 10.1. The maximum Gasteiger partial charge on any atom is 0.302 e. The number of fused-ring (bicyclic) bond motifs is 6. The molecule has 4 nitrogen and oxygen atoms in total. The number of hydrogen-bond donors (Lipinski definition) is 1. The predicted octanol–water partition coefficient (Wildman–Crippen LogP) is 4.14. The molecule has 4 heteroatoms. The average Bonchev–Trinajstić information content (AvgIpc) is 3.05. The van der Waals surface area contributed by atoms with Crippen molar-refractivity contribution in [2.45, 2.75) is 78.6 Å². The first-order chi connectivity index (χ1) is 12.1. The number of hydrogen-bond acceptors (Lipinski definition) is 4. The van der Waals surface area contributed by atoms with Crippen LogP contribution in [0.3, 0.4) is 0 Å². The molecule has 1 N–H and O–H groups in total. The Morgan fingerprint density at radius 1 is 1.35 bits per heavy atom. The van der Waals surface area contributed by atoms with Crippen LogP contribution in [0.1, 0.15) is 66.7 Å². The molecule has 2 bridgehead atoms. The van der Waals surface area contributed by atoms with Crippen molar-refractivity contribution in [1.82, 2.24) is 0 Å². The molecule has 5 atom stereocenters.